The van der Waals surface area contributed by atoms with Crippen molar-refractivity contribution < 1.29 is 0 Å². The van der Waals surface area contributed by atoms with Gasteiger partial charge in [-0.15, -0.1) is 0 Å². The highest BCUT2D eigenvalue weighted by Crippen LogP contribution is 2.36. The zero-order valence-corrected chi connectivity index (χ0v) is 20.1. The molecule has 3 aromatic heterocycles. The van der Waals surface area contributed by atoms with Crippen LogP contribution in [0.3, 0.4) is 0 Å². The molecule has 3 heterocycles. The number of hydrogen-bond acceptors (Lipinski definition) is 6. The molecule has 172 valence electrons. The van der Waals surface area contributed by atoms with E-state index in [4.69, 9.17) is 22.0 Å². The zero-order chi connectivity index (χ0) is 23.8. The van der Waals surface area contributed by atoms with Gasteiger partial charge in [0.25, 0.3) is 0 Å². The van der Waals surface area contributed by atoms with Gasteiger partial charge in [0.15, 0.2) is 5.82 Å². The smallest absolute Gasteiger partial charge is 0.159 e. The maximum absolute atomic E-state index is 9.15. The molecule has 9 heteroatoms. The predicted molar refractivity (Wildman–Crippen MR) is 131 cm³/mol. The molecule has 0 unspecified atom stereocenters. The zero-order valence-electron chi connectivity index (χ0n) is 19.4. The largest absolute Gasteiger partial charge is 0.325 e. The fraction of sp³-hybridized carbons (Fsp3) is 0.320. The first-order valence-electron chi connectivity index (χ1n) is 11.4. The summed E-state index contributed by atoms with van der Waals surface area (Å²) in [4.78, 5) is 8.86. The highest BCUT2D eigenvalue weighted by Gasteiger charge is 2.26. The third-order valence-corrected chi connectivity index (χ3v) is 6.69. The van der Waals surface area contributed by atoms with E-state index in [0.29, 0.717) is 28.1 Å². The quantitative estimate of drug-likeness (QED) is 0.387. The minimum absolute atomic E-state index is 0.635. The summed E-state index contributed by atoms with van der Waals surface area (Å²) in [5.74, 6) is 2.89. The lowest BCUT2D eigenvalue weighted by Crippen LogP contribution is -2.09. The number of aryl methyl sites for hydroxylation is 1. The van der Waals surface area contributed by atoms with Crippen LogP contribution in [0.1, 0.15) is 42.3 Å². The van der Waals surface area contributed by atoms with Crippen LogP contribution in [-0.2, 0) is 13.0 Å². The van der Waals surface area contributed by atoms with Gasteiger partial charge in [-0.2, -0.15) is 15.5 Å². The summed E-state index contributed by atoms with van der Waals surface area (Å²) in [6, 6.07) is 11.6. The molecule has 8 nitrogen and oxygen atoms in total. The van der Waals surface area contributed by atoms with Crippen LogP contribution in [0, 0.1) is 31.1 Å². The van der Waals surface area contributed by atoms with Gasteiger partial charge in [0.05, 0.1) is 33.7 Å². The average molecular weight is 473 g/mol. The van der Waals surface area contributed by atoms with E-state index in [2.05, 4.69) is 38.1 Å². The highest BCUT2D eigenvalue weighted by molar-refractivity contribution is 6.31. The molecule has 0 bridgehead atoms. The van der Waals surface area contributed by atoms with Gasteiger partial charge < -0.3 is 5.32 Å². The van der Waals surface area contributed by atoms with Crippen molar-refractivity contribution in [2.75, 3.05) is 5.32 Å². The Balaban J connectivity index is 1.54. The molecular weight excluding hydrogens is 448 g/mol. The van der Waals surface area contributed by atoms with Crippen LogP contribution in [0.4, 0.5) is 11.6 Å². The molecular formula is C25H25ClN8. The number of nitriles is 1. The summed E-state index contributed by atoms with van der Waals surface area (Å²) < 4.78 is 3.79. The van der Waals surface area contributed by atoms with Gasteiger partial charge >= 0.3 is 0 Å². The molecule has 1 N–H and O–H groups in total. The maximum Gasteiger partial charge on any atom is 0.159 e. The summed E-state index contributed by atoms with van der Waals surface area (Å²) >= 11 is 6.34. The highest BCUT2D eigenvalue weighted by atomic mass is 35.5. The van der Waals surface area contributed by atoms with E-state index in [-0.39, 0.29) is 0 Å². The Morgan fingerprint density at radius 3 is 2.53 bits per heavy atom. The lowest BCUT2D eigenvalue weighted by molar-refractivity contribution is 0.571. The van der Waals surface area contributed by atoms with Gasteiger partial charge in [0.2, 0.25) is 0 Å². The standard InChI is InChI=1S/C25H25ClN8/c1-4-20-24(19-9-7-17(12-27)8-10-19)32-33(13-18-5-6-18)25(20)30-21-11-22(29-14-28-21)34-16(3)23(26)15(2)31-34/h7-11,14,18H,4-6,13H2,1-3H3,(H,28,29,30). The summed E-state index contributed by atoms with van der Waals surface area (Å²) in [7, 11) is 0. The van der Waals surface area contributed by atoms with E-state index in [1.165, 1.54) is 19.2 Å². The minimum atomic E-state index is 0.635. The van der Waals surface area contributed by atoms with Crippen LogP contribution < -0.4 is 5.32 Å². The average Bonchev–Trinajstić information content (AvgIpc) is 3.56. The molecule has 5 rings (SSSR count). The first kappa shape index (κ1) is 22.1. The Morgan fingerprint density at radius 2 is 1.91 bits per heavy atom. The van der Waals surface area contributed by atoms with Crippen molar-refractivity contribution >= 4 is 23.2 Å². The Hall–Kier alpha value is -3.70. The topological polar surface area (TPSA) is 97.2 Å². The van der Waals surface area contributed by atoms with E-state index >= 15 is 0 Å². The maximum atomic E-state index is 9.15. The van der Waals surface area contributed by atoms with Crippen molar-refractivity contribution in [3.8, 4) is 23.1 Å². The minimum Gasteiger partial charge on any atom is -0.325 e. The first-order chi connectivity index (χ1) is 16.5. The van der Waals surface area contributed by atoms with Crippen molar-refractivity contribution in [2.24, 2.45) is 5.92 Å². The molecule has 0 spiro atoms. The van der Waals surface area contributed by atoms with Crippen molar-refractivity contribution in [1.82, 2.24) is 29.5 Å². The number of rotatable bonds is 7. The summed E-state index contributed by atoms with van der Waals surface area (Å²) in [5.41, 5.74) is 5.26. The third-order valence-electron chi connectivity index (χ3n) is 6.14. The summed E-state index contributed by atoms with van der Waals surface area (Å²) in [6.45, 7) is 6.78. The normalized spacial score (nSPS) is 13.1. The molecule has 34 heavy (non-hydrogen) atoms. The molecule has 0 aliphatic heterocycles. The van der Waals surface area contributed by atoms with Crippen LogP contribution in [-0.4, -0.2) is 29.5 Å². The number of benzene rings is 1. The fourth-order valence-electron chi connectivity index (χ4n) is 4.08. The van der Waals surface area contributed by atoms with Gasteiger partial charge in [-0.25, -0.2) is 19.3 Å². The summed E-state index contributed by atoms with van der Waals surface area (Å²) in [5, 5.41) is 22.8. The molecule has 0 atom stereocenters. The monoisotopic (exact) mass is 472 g/mol. The van der Waals surface area contributed by atoms with Gasteiger partial charge in [0.1, 0.15) is 18.0 Å². The van der Waals surface area contributed by atoms with E-state index in [9.17, 15) is 0 Å². The Morgan fingerprint density at radius 1 is 1.15 bits per heavy atom. The number of halogens is 1. The Labute approximate surface area is 203 Å². The molecule has 0 saturated heterocycles. The number of hydrogen-bond donors (Lipinski definition) is 1. The third kappa shape index (κ3) is 4.15. The van der Waals surface area contributed by atoms with Crippen LogP contribution in [0.15, 0.2) is 36.7 Å². The lowest BCUT2D eigenvalue weighted by atomic mass is 10.0. The van der Waals surface area contributed by atoms with Gasteiger partial charge in [-0.3, -0.25) is 0 Å². The number of nitrogens with one attached hydrogen (secondary N) is 1. The number of anilines is 2. The van der Waals surface area contributed by atoms with Crippen molar-refractivity contribution in [2.45, 2.75) is 46.6 Å². The van der Waals surface area contributed by atoms with Crippen LogP contribution in [0.5, 0.6) is 0 Å². The molecule has 1 aliphatic rings. The Bertz CT molecular complexity index is 1390. The van der Waals surface area contributed by atoms with Crippen molar-refractivity contribution in [1.29, 1.82) is 5.26 Å². The summed E-state index contributed by atoms with van der Waals surface area (Å²) in [6.07, 6.45) is 4.77. The molecule has 1 aliphatic carbocycles. The van der Waals surface area contributed by atoms with Crippen LogP contribution in [0.25, 0.3) is 17.1 Å². The molecule has 0 amide bonds. The second-order valence-corrected chi connectivity index (χ2v) is 9.00. The second-order valence-electron chi connectivity index (χ2n) is 8.63. The predicted octanol–water partition coefficient (Wildman–Crippen LogP) is 5.38. The number of aromatic nitrogens is 6. The number of nitrogens with zero attached hydrogens (tertiary/aromatic N) is 7. The Kier molecular flexibility index (Phi) is 5.80. The lowest BCUT2D eigenvalue weighted by Gasteiger charge is -2.12. The van der Waals surface area contributed by atoms with Gasteiger partial charge in [-0.05, 0) is 51.2 Å². The second kappa shape index (κ2) is 8.92. The van der Waals surface area contributed by atoms with Crippen LogP contribution >= 0.6 is 11.6 Å². The first-order valence-corrected chi connectivity index (χ1v) is 11.8. The van der Waals surface area contributed by atoms with E-state index < -0.39 is 0 Å². The van der Waals surface area contributed by atoms with Crippen molar-refractivity contribution in [3.63, 3.8) is 0 Å². The molecule has 1 saturated carbocycles. The molecule has 0 radical (unpaired) electrons. The van der Waals surface area contributed by atoms with E-state index in [0.717, 1.165) is 47.0 Å². The van der Waals surface area contributed by atoms with E-state index in [1.54, 1.807) is 4.68 Å². The molecule has 4 aromatic rings. The van der Waals surface area contributed by atoms with Gasteiger partial charge in [0, 0.05) is 23.7 Å². The SMILES string of the molecule is CCc1c(-c2ccc(C#N)cc2)nn(CC2CC2)c1Nc1cc(-n2nc(C)c(Cl)c2C)ncn1. The van der Waals surface area contributed by atoms with Crippen LogP contribution in [0.2, 0.25) is 5.02 Å². The molecule has 1 fully saturated rings. The molecule has 1 aromatic carbocycles. The van der Waals surface area contributed by atoms with E-state index in [1.807, 2.05) is 44.2 Å². The fourth-order valence-corrected chi connectivity index (χ4v) is 4.20. The van der Waals surface area contributed by atoms with Crippen molar-refractivity contribution in [3.05, 3.63) is 64.2 Å². The van der Waals surface area contributed by atoms with Gasteiger partial charge in [-0.1, -0.05) is 30.7 Å².